The number of methoxy groups -OCH3 is 2. The van der Waals surface area contributed by atoms with Gasteiger partial charge in [0.15, 0.2) is 9.84 Å². The number of rotatable bonds is 8. The van der Waals surface area contributed by atoms with Crippen molar-refractivity contribution < 1.29 is 23.0 Å². The van der Waals surface area contributed by atoms with E-state index in [0.717, 1.165) is 6.42 Å². The van der Waals surface area contributed by atoms with Crippen LogP contribution in [0.2, 0.25) is 0 Å². The van der Waals surface area contributed by atoms with Gasteiger partial charge in [-0.15, -0.1) is 0 Å². The molecule has 1 heterocycles. The monoisotopic (exact) mass is 281 g/mol. The van der Waals surface area contributed by atoms with E-state index in [-0.39, 0.29) is 17.5 Å². The molecule has 0 aliphatic carbocycles. The Bertz CT molecular complexity index is 332. The Kier molecular flexibility index (Phi) is 6.51. The first-order valence-electron chi connectivity index (χ1n) is 6.10. The number of hydrogen-bond acceptors (Lipinski definition) is 6. The van der Waals surface area contributed by atoms with Gasteiger partial charge in [-0.05, 0) is 6.42 Å². The second-order valence-corrected chi connectivity index (χ2v) is 6.74. The molecule has 0 amide bonds. The van der Waals surface area contributed by atoms with Crippen LogP contribution in [0.25, 0.3) is 0 Å². The highest BCUT2D eigenvalue weighted by molar-refractivity contribution is 7.91. The highest BCUT2D eigenvalue weighted by Crippen LogP contribution is 2.18. The molecule has 0 aromatic rings. The lowest BCUT2D eigenvalue weighted by Gasteiger charge is -2.29. The largest absolute Gasteiger partial charge is 0.390 e. The number of aliphatic hydroxyl groups excluding tert-OH is 1. The van der Waals surface area contributed by atoms with Gasteiger partial charge in [0, 0.05) is 33.9 Å². The summed E-state index contributed by atoms with van der Waals surface area (Å²) in [7, 11) is 0.131. The molecule has 7 heteroatoms. The zero-order valence-corrected chi connectivity index (χ0v) is 11.9. The Morgan fingerprint density at radius 1 is 1.17 bits per heavy atom. The number of nitrogens with zero attached hydrogens (tertiary/aromatic N) is 1. The van der Waals surface area contributed by atoms with Crippen LogP contribution >= 0.6 is 0 Å². The van der Waals surface area contributed by atoms with Gasteiger partial charge in [-0.2, -0.15) is 0 Å². The van der Waals surface area contributed by atoms with Gasteiger partial charge < -0.3 is 14.6 Å². The van der Waals surface area contributed by atoms with E-state index in [1.807, 2.05) is 4.90 Å². The second kappa shape index (κ2) is 7.40. The summed E-state index contributed by atoms with van der Waals surface area (Å²) in [5, 5.41) is 9.86. The molecule has 1 aliphatic heterocycles. The normalized spacial score (nSPS) is 26.9. The standard InChI is InChI=1S/C11H23NO5S/c1-16-6-3-4-12(5-7-17-2)10-8-18(14,15)9-11(10)13/h10-11,13H,3-9H2,1-2H3. The number of ether oxygens (including phenoxy) is 2. The topological polar surface area (TPSA) is 76.1 Å². The summed E-state index contributed by atoms with van der Waals surface area (Å²) >= 11 is 0. The van der Waals surface area contributed by atoms with Gasteiger partial charge in [-0.3, -0.25) is 4.90 Å². The van der Waals surface area contributed by atoms with Gasteiger partial charge >= 0.3 is 0 Å². The first kappa shape index (κ1) is 15.8. The van der Waals surface area contributed by atoms with Crippen molar-refractivity contribution in [2.24, 2.45) is 0 Å². The molecule has 18 heavy (non-hydrogen) atoms. The third-order valence-corrected chi connectivity index (χ3v) is 4.84. The highest BCUT2D eigenvalue weighted by atomic mass is 32.2. The highest BCUT2D eigenvalue weighted by Gasteiger charge is 2.39. The van der Waals surface area contributed by atoms with E-state index < -0.39 is 15.9 Å². The van der Waals surface area contributed by atoms with Gasteiger partial charge in [-0.1, -0.05) is 0 Å². The summed E-state index contributed by atoms with van der Waals surface area (Å²) in [6, 6.07) is -0.318. The van der Waals surface area contributed by atoms with Gasteiger partial charge in [0.1, 0.15) is 0 Å². The number of sulfone groups is 1. The lowest BCUT2D eigenvalue weighted by Crippen LogP contribution is -2.45. The first-order valence-corrected chi connectivity index (χ1v) is 7.92. The van der Waals surface area contributed by atoms with Gasteiger partial charge in [0.2, 0.25) is 0 Å². The quantitative estimate of drug-likeness (QED) is 0.583. The zero-order valence-electron chi connectivity index (χ0n) is 11.0. The Morgan fingerprint density at radius 3 is 2.33 bits per heavy atom. The maximum Gasteiger partial charge on any atom is 0.154 e. The van der Waals surface area contributed by atoms with E-state index >= 15 is 0 Å². The van der Waals surface area contributed by atoms with E-state index in [1.165, 1.54) is 0 Å². The minimum Gasteiger partial charge on any atom is -0.390 e. The minimum absolute atomic E-state index is 0.0326. The first-order chi connectivity index (χ1) is 8.50. The van der Waals surface area contributed by atoms with E-state index in [1.54, 1.807) is 14.2 Å². The molecule has 0 spiro atoms. The van der Waals surface area contributed by atoms with E-state index in [4.69, 9.17) is 9.47 Å². The summed E-state index contributed by atoms with van der Waals surface area (Å²) in [4.78, 5) is 1.98. The SMILES string of the molecule is COCCCN(CCOC)C1CS(=O)(=O)CC1O. The van der Waals surface area contributed by atoms with Crippen LogP contribution in [0.1, 0.15) is 6.42 Å². The van der Waals surface area contributed by atoms with Crippen LogP contribution in [0.3, 0.4) is 0 Å². The average molecular weight is 281 g/mol. The molecule has 2 atom stereocenters. The van der Waals surface area contributed by atoms with Gasteiger partial charge in [0.25, 0.3) is 0 Å². The van der Waals surface area contributed by atoms with Crippen molar-refractivity contribution >= 4 is 9.84 Å². The fraction of sp³-hybridized carbons (Fsp3) is 1.00. The zero-order chi connectivity index (χ0) is 13.6. The molecule has 1 saturated heterocycles. The molecular weight excluding hydrogens is 258 g/mol. The molecule has 0 bridgehead atoms. The summed E-state index contributed by atoms with van der Waals surface area (Å²) in [6.45, 7) is 2.47. The summed E-state index contributed by atoms with van der Waals surface area (Å²) in [5.74, 6) is -0.101. The fourth-order valence-electron chi connectivity index (χ4n) is 2.22. The fourth-order valence-corrected chi connectivity index (χ4v) is 4.06. The summed E-state index contributed by atoms with van der Waals surface area (Å²) in [6.07, 6.45) is 0.0122. The van der Waals surface area contributed by atoms with Gasteiger partial charge in [0.05, 0.1) is 30.3 Å². The molecule has 0 aromatic carbocycles. The Labute approximate surface area is 109 Å². The molecule has 0 radical (unpaired) electrons. The predicted octanol–water partition coefficient (Wildman–Crippen LogP) is -0.871. The Hall–Kier alpha value is -0.210. The van der Waals surface area contributed by atoms with Crippen molar-refractivity contribution in [3.63, 3.8) is 0 Å². The van der Waals surface area contributed by atoms with Crippen LogP contribution < -0.4 is 0 Å². The van der Waals surface area contributed by atoms with E-state index in [2.05, 4.69) is 0 Å². The minimum atomic E-state index is -3.11. The molecule has 0 saturated carbocycles. The predicted molar refractivity (Wildman–Crippen MR) is 68.4 cm³/mol. The van der Waals surface area contributed by atoms with E-state index in [9.17, 15) is 13.5 Å². The Morgan fingerprint density at radius 2 is 1.83 bits per heavy atom. The lowest BCUT2D eigenvalue weighted by atomic mass is 10.1. The molecule has 1 fully saturated rings. The molecule has 1 N–H and O–H groups in total. The van der Waals surface area contributed by atoms with Crippen LogP contribution in [-0.4, -0.2) is 82.6 Å². The number of aliphatic hydroxyl groups is 1. The maximum atomic E-state index is 11.5. The van der Waals surface area contributed by atoms with Crippen LogP contribution in [0.4, 0.5) is 0 Å². The van der Waals surface area contributed by atoms with Crippen molar-refractivity contribution in [1.82, 2.24) is 4.90 Å². The van der Waals surface area contributed by atoms with Crippen LogP contribution in [-0.2, 0) is 19.3 Å². The summed E-state index contributed by atoms with van der Waals surface area (Å²) < 4.78 is 33.0. The van der Waals surface area contributed by atoms with Gasteiger partial charge in [-0.25, -0.2) is 8.42 Å². The van der Waals surface area contributed by atoms with Crippen LogP contribution in [0, 0.1) is 0 Å². The number of hydrogen-bond donors (Lipinski definition) is 1. The van der Waals surface area contributed by atoms with Crippen molar-refractivity contribution in [1.29, 1.82) is 0 Å². The average Bonchev–Trinajstić information content (AvgIpc) is 2.57. The molecule has 1 aliphatic rings. The molecule has 108 valence electrons. The van der Waals surface area contributed by atoms with Crippen LogP contribution in [0.15, 0.2) is 0 Å². The third kappa shape index (κ3) is 4.81. The third-order valence-electron chi connectivity index (χ3n) is 3.14. The van der Waals surface area contributed by atoms with Crippen molar-refractivity contribution in [2.75, 3.05) is 52.0 Å². The smallest absolute Gasteiger partial charge is 0.154 e. The summed E-state index contributed by atoms with van der Waals surface area (Å²) in [5.41, 5.74) is 0. The maximum absolute atomic E-state index is 11.5. The van der Waals surface area contributed by atoms with Crippen molar-refractivity contribution in [3.8, 4) is 0 Å². The molecular formula is C11H23NO5S. The molecule has 0 aromatic heterocycles. The van der Waals surface area contributed by atoms with Crippen LogP contribution in [0.5, 0.6) is 0 Å². The molecule has 1 rings (SSSR count). The Balaban J connectivity index is 2.58. The van der Waals surface area contributed by atoms with Crippen molar-refractivity contribution in [2.45, 2.75) is 18.6 Å². The van der Waals surface area contributed by atoms with E-state index in [0.29, 0.717) is 26.3 Å². The second-order valence-electron chi connectivity index (χ2n) is 4.59. The lowest BCUT2D eigenvalue weighted by molar-refractivity contribution is 0.0556. The molecule has 2 unspecified atom stereocenters. The molecule has 6 nitrogen and oxygen atoms in total. The van der Waals surface area contributed by atoms with Crippen molar-refractivity contribution in [3.05, 3.63) is 0 Å².